The molecule has 0 saturated carbocycles. The highest BCUT2D eigenvalue weighted by Crippen LogP contribution is 2.26. The number of ether oxygens (including phenoxy) is 1. The summed E-state index contributed by atoms with van der Waals surface area (Å²) in [7, 11) is 1.44. The van der Waals surface area contributed by atoms with E-state index in [2.05, 4.69) is 18.3 Å². The normalized spacial score (nSPS) is 10.3. The molecule has 0 radical (unpaired) electrons. The van der Waals surface area contributed by atoms with E-state index in [4.69, 9.17) is 10.5 Å². The molecule has 1 heterocycles. The second-order valence-electron chi connectivity index (χ2n) is 2.68. The van der Waals surface area contributed by atoms with Crippen molar-refractivity contribution in [2.24, 2.45) is 0 Å². The Morgan fingerprint density at radius 1 is 1.50 bits per heavy atom. The lowest BCUT2D eigenvalue weighted by Crippen LogP contribution is -2.07. The molecule has 0 aromatic carbocycles. The molecule has 0 atom stereocenters. The topological polar surface area (TPSA) is 48.1 Å². The Hall–Kier alpha value is -0.820. The zero-order valence-electron chi connectivity index (χ0n) is 7.53. The maximum Gasteiger partial charge on any atom is 0.145 e. The van der Waals surface area contributed by atoms with Gasteiger partial charge in [-0.3, -0.25) is 4.98 Å². The first-order valence-electron chi connectivity index (χ1n) is 3.62. The van der Waals surface area contributed by atoms with Crippen LogP contribution in [0.25, 0.3) is 0 Å². The lowest BCUT2D eigenvalue weighted by molar-refractivity contribution is 0.417. The molecule has 0 fully saturated rings. The summed E-state index contributed by atoms with van der Waals surface area (Å²) >= 11 is 0. The molecule has 1 rings (SSSR count). The van der Waals surface area contributed by atoms with Gasteiger partial charge >= 0.3 is 0 Å². The van der Waals surface area contributed by atoms with Crippen LogP contribution in [-0.4, -0.2) is 25.4 Å². The largest absolute Gasteiger partial charge is 0.494 e. The Labute approximate surface area is 73.7 Å². The summed E-state index contributed by atoms with van der Waals surface area (Å²) < 4.78 is 5.08. The number of nitrogens with two attached hydrogens (primary N) is 1. The number of hydrogen-bond acceptors (Lipinski definition) is 3. The molecule has 0 spiro atoms. The van der Waals surface area contributed by atoms with E-state index < -0.39 is 0 Å². The molecule has 0 unspecified atom stereocenters. The van der Waals surface area contributed by atoms with Crippen LogP contribution in [0.15, 0.2) is 12.3 Å². The Balaban J connectivity index is 3.05. The van der Waals surface area contributed by atoms with Crippen molar-refractivity contribution >= 4 is 19.0 Å². The summed E-state index contributed by atoms with van der Waals surface area (Å²) in [4.78, 5) is 4.21. The van der Waals surface area contributed by atoms with E-state index in [0.717, 1.165) is 11.2 Å². The summed E-state index contributed by atoms with van der Waals surface area (Å²) in [6, 6.07) is 1.90. The van der Waals surface area contributed by atoms with E-state index >= 15 is 0 Å². The number of pyridine rings is 1. The van der Waals surface area contributed by atoms with Crippen LogP contribution in [0.2, 0.25) is 0 Å². The fourth-order valence-electron chi connectivity index (χ4n) is 0.858. The summed E-state index contributed by atoms with van der Waals surface area (Å²) in [5, 5.41) is 0. The van der Waals surface area contributed by atoms with Gasteiger partial charge in [-0.05, 0) is 13.3 Å². The van der Waals surface area contributed by atoms with Gasteiger partial charge in [-0.25, -0.2) is 0 Å². The van der Waals surface area contributed by atoms with Crippen LogP contribution >= 0.6 is 7.92 Å². The Bertz CT molecular complexity index is 276. The number of hydrogen-bond donors (Lipinski definition) is 1. The van der Waals surface area contributed by atoms with Gasteiger partial charge < -0.3 is 10.5 Å². The number of methoxy groups -OCH3 is 1. The van der Waals surface area contributed by atoms with E-state index in [9.17, 15) is 0 Å². The number of anilines is 1. The average molecular weight is 184 g/mol. The van der Waals surface area contributed by atoms with Gasteiger partial charge in [0, 0.05) is 6.07 Å². The van der Waals surface area contributed by atoms with Gasteiger partial charge in [0.15, 0.2) is 0 Å². The highest BCUT2D eigenvalue weighted by Gasteiger charge is 2.04. The van der Waals surface area contributed by atoms with Gasteiger partial charge in [-0.1, -0.05) is 7.92 Å². The van der Waals surface area contributed by atoms with Gasteiger partial charge in [0.05, 0.1) is 24.4 Å². The lowest BCUT2D eigenvalue weighted by Gasteiger charge is -2.08. The quantitative estimate of drug-likeness (QED) is 0.698. The van der Waals surface area contributed by atoms with Crippen molar-refractivity contribution in [2.45, 2.75) is 0 Å². The zero-order valence-corrected chi connectivity index (χ0v) is 8.43. The summed E-state index contributed by atoms with van der Waals surface area (Å²) in [6.45, 7) is 4.29. The molecule has 3 nitrogen and oxygen atoms in total. The maximum atomic E-state index is 5.62. The van der Waals surface area contributed by atoms with Crippen molar-refractivity contribution in [3.63, 3.8) is 0 Å². The zero-order chi connectivity index (χ0) is 9.14. The fourth-order valence-corrected chi connectivity index (χ4v) is 1.52. The van der Waals surface area contributed by atoms with E-state index in [-0.39, 0.29) is 7.92 Å². The molecule has 12 heavy (non-hydrogen) atoms. The minimum atomic E-state index is -0.177. The van der Waals surface area contributed by atoms with Gasteiger partial charge in [0.1, 0.15) is 5.75 Å². The number of nitrogen functional groups attached to an aromatic ring is 1. The van der Waals surface area contributed by atoms with Crippen molar-refractivity contribution in [2.75, 3.05) is 26.2 Å². The molecule has 0 aliphatic heterocycles. The van der Waals surface area contributed by atoms with Crippen LogP contribution in [0, 0.1) is 0 Å². The number of rotatable bonds is 2. The predicted octanol–water partition coefficient (Wildman–Crippen LogP) is 1.04. The van der Waals surface area contributed by atoms with E-state index in [0.29, 0.717) is 5.69 Å². The van der Waals surface area contributed by atoms with Crippen molar-refractivity contribution in [1.29, 1.82) is 0 Å². The first-order chi connectivity index (χ1) is 5.65. The minimum Gasteiger partial charge on any atom is -0.494 e. The Morgan fingerprint density at radius 2 is 2.17 bits per heavy atom. The molecule has 2 N–H and O–H groups in total. The first kappa shape index (κ1) is 9.27. The second kappa shape index (κ2) is 3.72. The van der Waals surface area contributed by atoms with Crippen molar-refractivity contribution < 1.29 is 4.74 Å². The first-order valence-corrected chi connectivity index (χ1v) is 5.85. The Kier molecular flexibility index (Phi) is 2.88. The third-order valence-corrected chi connectivity index (χ3v) is 2.72. The summed E-state index contributed by atoms with van der Waals surface area (Å²) in [5.41, 5.74) is 7.28. The lowest BCUT2D eigenvalue weighted by atomic mass is 10.4. The van der Waals surface area contributed by atoms with Crippen molar-refractivity contribution in [1.82, 2.24) is 4.98 Å². The third kappa shape index (κ3) is 1.86. The highest BCUT2D eigenvalue weighted by atomic mass is 31.1. The van der Waals surface area contributed by atoms with Gasteiger partial charge in [-0.2, -0.15) is 0 Å². The fraction of sp³-hybridized carbons (Fsp3) is 0.375. The molecule has 4 heteroatoms. The maximum absolute atomic E-state index is 5.62. The average Bonchev–Trinajstić information content (AvgIpc) is 2.05. The van der Waals surface area contributed by atoms with Gasteiger partial charge in [0.25, 0.3) is 0 Å². The smallest absolute Gasteiger partial charge is 0.145 e. The van der Waals surface area contributed by atoms with Crippen molar-refractivity contribution in [3.8, 4) is 5.75 Å². The highest BCUT2D eigenvalue weighted by molar-refractivity contribution is 7.63. The molecule has 0 aliphatic carbocycles. The molecular formula is C8H13N2OP. The van der Waals surface area contributed by atoms with Crippen molar-refractivity contribution in [3.05, 3.63) is 12.3 Å². The van der Waals surface area contributed by atoms with Crippen LogP contribution in [0.1, 0.15) is 0 Å². The predicted molar refractivity (Wildman–Crippen MR) is 53.6 cm³/mol. The van der Waals surface area contributed by atoms with Crippen LogP contribution in [-0.2, 0) is 0 Å². The molecule has 0 saturated heterocycles. The molecule has 1 aromatic rings. The monoisotopic (exact) mass is 184 g/mol. The van der Waals surface area contributed by atoms with Gasteiger partial charge in [-0.15, -0.1) is 0 Å². The SMILES string of the molecule is COc1cc(P(C)C)ncc1N. The molecule has 1 aromatic heterocycles. The molecule has 0 bridgehead atoms. The van der Waals surface area contributed by atoms with Crippen LogP contribution in [0.4, 0.5) is 5.69 Å². The minimum absolute atomic E-state index is 0.177. The van der Waals surface area contributed by atoms with Crippen LogP contribution in [0.5, 0.6) is 5.75 Å². The third-order valence-electron chi connectivity index (χ3n) is 1.56. The van der Waals surface area contributed by atoms with E-state index in [1.54, 1.807) is 13.3 Å². The van der Waals surface area contributed by atoms with E-state index in [1.807, 2.05) is 6.07 Å². The summed E-state index contributed by atoms with van der Waals surface area (Å²) in [6.07, 6.45) is 1.65. The van der Waals surface area contributed by atoms with Crippen LogP contribution < -0.4 is 15.9 Å². The van der Waals surface area contributed by atoms with Crippen LogP contribution in [0.3, 0.4) is 0 Å². The number of nitrogens with zero attached hydrogens (tertiary/aromatic N) is 1. The molecule has 0 amide bonds. The molecule has 66 valence electrons. The molecular weight excluding hydrogens is 171 g/mol. The molecule has 0 aliphatic rings. The summed E-state index contributed by atoms with van der Waals surface area (Å²) in [5.74, 6) is 0.719. The second-order valence-corrected chi connectivity index (χ2v) is 4.93. The number of aromatic nitrogens is 1. The van der Waals surface area contributed by atoms with Gasteiger partial charge in [0.2, 0.25) is 0 Å². The Morgan fingerprint density at radius 3 is 2.67 bits per heavy atom. The standard InChI is InChI=1S/C8H13N2OP/c1-11-7-4-8(12(2)3)10-5-6(7)9/h4-5H,9H2,1-3H3. The van der Waals surface area contributed by atoms with E-state index in [1.165, 1.54) is 0 Å².